The molecule has 0 spiro atoms. The van der Waals surface area contributed by atoms with Crippen molar-refractivity contribution in [3.63, 3.8) is 0 Å². The van der Waals surface area contributed by atoms with Crippen molar-refractivity contribution < 1.29 is 4.42 Å². The third-order valence-corrected chi connectivity index (χ3v) is 4.18. The van der Waals surface area contributed by atoms with Gasteiger partial charge in [-0.3, -0.25) is 4.90 Å². The normalized spacial score (nSPS) is 25.5. The number of likely N-dealkylation sites (tertiary alicyclic amines) is 1. The summed E-state index contributed by atoms with van der Waals surface area (Å²) in [6.45, 7) is 5.49. The summed E-state index contributed by atoms with van der Waals surface area (Å²) in [5, 5.41) is 3.53. The number of furan rings is 1. The van der Waals surface area contributed by atoms with Crippen molar-refractivity contribution in [1.29, 1.82) is 0 Å². The fraction of sp³-hybridized carbons (Fsp3) is 0.733. The molecule has 3 nitrogen and oxygen atoms in total. The van der Waals surface area contributed by atoms with E-state index in [0.717, 1.165) is 24.9 Å². The van der Waals surface area contributed by atoms with Crippen molar-refractivity contribution in [3.05, 3.63) is 23.7 Å². The summed E-state index contributed by atoms with van der Waals surface area (Å²) >= 11 is 0. The van der Waals surface area contributed by atoms with E-state index in [1.165, 1.54) is 44.2 Å². The van der Waals surface area contributed by atoms with E-state index in [9.17, 15) is 0 Å². The van der Waals surface area contributed by atoms with Crippen LogP contribution in [0.2, 0.25) is 0 Å². The maximum atomic E-state index is 5.69. The predicted octanol–water partition coefficient (Wildman–Crippen LogP) is 2.91. The predicted molar refractivity (Wildman–Crippen MR) is 72.3 cm³/mol. The van der Waals surface area contributed by atoms with Crippen molar-refractivity contribution in [2.24, 2.45) is 0 Å². The molecule has 1 saturated heterocycles. The van der Waals surface area contributed by atoms with E-state index in [1.54, 1.807) is 0 Å². The number of hydrogen-bond acceptors (Lipinski definition) is 3. The van der Waals surface area contributed by atoms with Gasteiger partial charge in [-0.15, -0.1) is 0 Å². The molecule has 1 aliphatic carbocycles. The Morgan fingerprint density at radius 2 is 2.22 bits per heavy atom. The van der Waals surface area contributed by atoms with Crippen LogP contribution in [-0.2, 0) is 13.1 Å². The van der Waals surface area contributed by atoms with Gasteiger partial charge in [-0.05, 0) is 45.2 Å². The quantitative estimate of drug-likeness (QED) is 0.868. The smallest absolute Gasteiger partial charge is 0.118 e. The second-order valence-corrected chi connectivity index (χ2v) is 5.89. The van der Waals surface area contributed by atoms with E-state index < -0.39 is 0 Å². The molecular formula is C15H24N2O. The van der Waals surface area contributed by atoms with Crippen molar-refractivity contribution in [3.8, 4) is 0 Å². The molecule has 1 aliphatic heterocycles. The third-order valence-electron chi connectivity index (χ3n) is 4.18. The van der Waals surface area contributed by atoms with Gasteiger partial charge in [0, 0.05) is 24.2 Å². The fourth-order valence-electron chi connectivity index (χ4n) is 2.74. The summed E-state index contributed by atoms with van der Waals surface area (Å²) in [6, 6.07) is 3.69. The highest BCUT2D eigenvalue weighted by atomic mass is 16.3. The number of nitrogens with zero attached hydrogens (tertiary/aromatic N) is 1. The lowest BCUT2D eigenvalue weighted by atomic mass is 10.0. The SMILES string of the molecule is CC1CCCCN1Cc1cc(CNC2CC2)co1. The van der Waals surface area contributed by atoms with Gasteiger partial charge in [-0.1, -0.05) is 6.42 Å². The Morgan fingerprint density at radius 1 is 1.33 bits per heavy atom. The first-order valence-corrected chi connectivity index (χ1v) is 7.35. The number of rotatable bonds is 5. The summed E-state index contributed by atoms with van der Waals surface area (Å²) in [7, 11) is 0. The molecule has 2 fully saturated rings. The molecule has 3 rings (SSSR count). The first-order chi connectivity index (χ1) is 8.81. The van der Waals surface area contributed by atoms with Crippen LogP contribution in [0.4, 0.5) is 0 Å². The van der Waals surface area contributed by atoms with E-state index in [1.807, 2.05) is 6.26 Å². The molecule has 1 N–H and O–H groups in total. The first kappa shape index (κ1) is 12.2. The van der Waals surface area contributed by atoms with Gasteiger partial charge in [0.2, 0.25) is 0 Å². The summed E-state index contributed by atoms with van der Waals surface area (Å²) in [5.74, 6) is 1.12. The Labute approximate surface area is 110 Å². The second-order valence-electron chi connectivity index (χ2n) is 5.89. The van der Waals surface area contributed by atoms with Crippen LogP contribution in [0.3, 0.4) is 0 Å². The summed E-state index contributed by atoms with van der Waals surface area (Å²) in [4.78, 5) is 2.54. The van der Waals surface area contributed by atoms with E-state index in [0.29, 0.717) is 6.04 Å². The highest BCUT2D eigenvalue weighted by molar-refractivity contribution is 5.13. The molecule has 3 heteroatoms. The molecular weight excluding hydrogens is 224 g/mol. The zero-order chi connectivity index (χ0) is 12.4. The van der Waals surface area contributed by atoms with Gasteiger partial charge in [-0.2, -0.15) is 0 Å². The number of hydrogen-bond donors (Lipinski definition) is 1. The topological polar surface area (TPSA) is 28.4 Å². The molecule has 1 unspecified atom stereocenters. The third kappa shape index (κ3) is 3.15. The molecule has 1 atom stereocenters. The molecule has 1 saturated carbocycles. The fourth-order valence-corrected chi connectivity index (χ4v) is 2.74. The van der Waals surface area contributed by atoms with Crippen molar-refractivity contribution in [1.82, 2.24) is 10.2 Å². The molecule has 0 bridgehead atoms. The average Bonchev–Trinajstić information content (AvgIpc) is 3.10. The molecule has 2 aliphatic rings. The summed E-state index contributed by atoms with van der Waals surface area (Å²) in [5.41, 5.74) is 1.29. The minimum atomic E-state index is 0.705. The zero-order valence-corrected chi connectivity index (χ0v) is 11.3. The molecule has 2 heterocycles. The van der Waals surface area contributed by atoms with Crippen LogP contribution in [0.25, 0.3) is 0 Å². The Balaban J connectivity index is 1.51. The van der Waals surface area contributed by atoms with Gasteiger partial charge in [0.25, 0.3) is 0 Å². The van der Waals surface area contributed by atoms with Crippen LogP contribution in [0, 0.1) is 0 Å². The van der Waals surface area contributed by atoms with Crippen LogP contribution >= 0.6 is 0 Å². The highest BCUT2D eigenvalue weighted by Crippen LogP contribution is 2.21. The molecule has 18 heavy (non-hydrogen) atoms. The van der Waals surface area contributed by atoms with Crippen molar-refractivity contribution in [2.45, 2.75) is 64.2 Å². The van der Waals surface area contributed by atoms with Crippen LogP contribution in [-0.4, -0.2) is 23.5 Å². The van der Waals surface area contributed by atoms with Crippen molar-refractivity contribution in [2.75, 3.05) is 6.54 Å². The van der Waals surface area contributed by atoms with Gasteiger partial charge in [0.1, 0.15) is 5.76 Å². The van der Waals surface area contributed by atoms with Gasteiger partial charge in [0.15, 0.2) is 0 Å². The minimum absolute atomic E-state index is 0.705. The average molecular weight is 248 g/mol. The first-order valence-electron chi connectivity index (χ1n) is 7.35. The van der Waals surface area contributed by atoms with E-state index in [2.05, 4.69) is 23.2 Å². The second kappa shape index (κ2) is 5.45. The standard InChI is InChI=1S/C15H24N2O/c1-12-4-2-3-7-17(12)10-15-8-13(11-18-15)9-16-14-5-6-14/h8,11-12,14,16H,2-7,9-10H2,1H3. The summed E-state index contributed by atoms with van der Waals surface area (Å²) < 4.78 is 5.69. The van der Waals surface area contributed by atoms with E-state index in [4.69, 9.17) is 4.42 Å². The zero-order valence-electron chi connectivity index (χ0n) is 11.3. The number of nitrogens with one attached hydrogen (secondary N) is 1. The van der Waals surface area contributed by atoms with Crippen LogP contribution in [0.15, 0.2) is 16.7 Å². The largest absolute Gasteiger partial charge is 0.468 e. The molecule has 100 valence electrons. The Hall–Kier alpha value is -0.800. The molecule has 0 radical (unpaired) electrons. The Morgan fingerprint density at radius 3 is 3.00 bits per heavy atom. The van der Waals surface area contributed by atoms with E-state index >= 15 is 0 Å². The van der Waals surface area contributed by atoms with Crippen LogP contribution in [0.1, 0.15) is 50.4 Å². The van der Waals surface area contributed by atoms with Crippen LogP contribution in [0.5, 0.6) is 0 Å². The van der Waals surface area contributed by atoms with Gasteiger partial charge < -0.3 is 9.73 Å². The monoisotopic (exact) mass is 248 g/mol. The molecule has 0 amide bonds. The van der Waals surface area contributed by atoms with Gasteiger partial charge >= 0.3 is 0 Å². The van der Waals surface area contributed by atoms with Crippen LogP contribution < -0.4 is 5.32 Å². The van der Waals surface area contributed by atoms with Gasteiger partial charge in [-0.25, -0.2) is 0 Å². The lowest BCUT2D eigenvalue weighted by Crippen LogP contribution is -2.36. The highest BCUT2D eigenvalue weighted by Gasteiger charge is 2.21. The Bertz CT molecular complexity index is 384. The summed E-state index contributed by atoms with van der Waals surface area (Å²) in [6.07, 6.45) is 8.65. The number of piperidine rings is 1. The minimum Gasteiger partial charge on any atom is -0.468 e. The maximum absolute atomic E-state index is 5.69. The molecule has 1 aromatic heterocycles. The maximum Gasteiger partial charge on any atom is 0.118 e. The van der Waals surface area contributed by atoms with Crippen molar-refractivity contribution >= 4 is 0 Å². The lowest BCUT2D eigenvalue weighted by molar-refractivity contribution is 0.142. The molecule has 0 aromatic carbocycles. The van der Waals surface area contributed by atoms with Gasteiger partial charge in [0.05, 0.1) is 12.8 Å². The van der Waals surface area contributed by atoms with E-state index in [-0.39, 0.29) is 0 Å². The lowest BCUT2D eigenvalue weighted by Gasteiger charge is -2.32. The Kier molecular flexibility index (Phi) is 3.71. The molecule has 1 aromatic rings.